The first-order valence-electron chi connectivity index (χ1n) is 6.59. The molecule has 0 saturated heterocycles. The van der Waals surface area contributed by atoms with Gasteiger partial charge in [-0.25, -0.2) is 0 Å². The lowest BCUT2D eigenvalue weighted by Crippen LogP contribution is -2.37. The standard InChI is InChI=1S/C14H17BrF3NO/c15-12-3-1-11-8-13(4-2-10(11)7-12)19-5-6-20-9-14(16,17)18/h1,3,7,13,19H,2,4-6,8-9H2. The molecule has 112 valence electrons. The largest absolute Gasteiger partial charge is 0.411 e. The van der Waals surface area contributed by atoms with Gasteiger partial charge in [0.25, 0.3) is 0 Å². The summed E-state index contributed by atoms with van der Waals surface area (Å²) in [5.74, 6) is 0. The molecule has 1 aromatic carbocycles. The molecule has 0 radical (unpaired) electrons. The minimum Gasteiger partial charge on any atom is -0.371 e. The molecule has 0 aromatic heterocycles. The molecule has 2 nitrogen and oxygen atoms in total. The van der Waals surface area contributed by atoms with Gasteiger partial charge < -0.3 is 10.1 Å². The van der Waals surface area contributed by atoms with Crippen LogP contribution in [0.15, 0.2) is 22.7 Å². The molecule has 0 aliphatic heterocycles. The van der Waals surface area contributed by atoms with E-state index < -0.39 is 12.8 Å². The number of ether oxygens (including phenoxy) is 1. The van der Waals surface area contributed by atoms with Gasteiger partial charge in [0, 0.05) is 17.1 Å². The molecular formula is C14H17BrF3NO. The molecule has 1 aliphatic carbocycles. The van der Waals surface area contributed by atoms with E-state index in [4.69, 9.17) is 0 Å². The van der Waals surface area contributed by atoms with Gasteiger partial charge in [0.2, 0.25) is 0 Å². The summed E-state index contributed by atoms with van der Waals surface area (Å²) < 4.78 is 41.3. The monoisotopic (exact) mass is 351 g/mol. The van der Waals surface area contributed by atoms with Crippen LogP contribution in [0.25, 0.3) is 0 Å². The van der Waals surface area contributed by atoms with Crippen molar-refractivity contribution in [2.45, 2.75) is 31.5 Å². The molecule has 1 atom stereocenters. The SMILES string of the molecule is FC(F)(F)COCCNC1CCc2cc(Br)ccc2C1. The van der Waals surface area contributed by atoms with Gasteiger partial charge in [0.05, 0.1) is 6.61 Å². The number of aryl methyl sites for hydroxylation is 1. The minimum atomic E-state index is -4.24. The summed E-state index contributed by atoms with van der Waals surface area (Å²) in [6.45, 7) is -0.633. The van der Waals surface area contributed by atoms with Crippen molar-refractivity contribution in [3.8, 4) is 0 Å². The summed E-state index contributed by atoms with van der Waals surface area (Å²) in [7, 11) is 0. The lowest BCUT2D eigenvalue weighted by molar-refractivity contribution is -0.173. The van der Waals surface area contributed by atoms with Crippen molar-refractivity contribution in [3.63, 3.8) is 0 Å². The number of alkyl halides is 3. The maximum Gasteiger partial charge on any atom is 0.411 e. The van der Waals surface area contributed by atoms with Crippen LogP contribution in [-0.4, -0.2) is 32.0 Å². The fraction of sp³-hybridized carbons (Fsp3) is 0.571. The van der Waals surface area contributed by atoms with Gasteiger partial charge in [0.1, 0.15) is 6.61 Å². The van der Waals surface area contributed by atoms with Gasteiger partial charge in [-0.3, -0.25) is 0 Å². The highest BCUT2D eigenvalue weighted by Crippen LogP contribution is 2.24. The van der Waals surface area contributed by atoms with E-state index in [2.05, 4.69) is 38.1 Å². The second-order valence-corrected chi connectivity index (χ2v) is 5.89. The predicted molar refractivity (Wildman–Crippen MR) is 74.8 cm³/mol. The predicted octanol–water partition coefficient (Wildman–Crippen LogP) is 3.47. The molecule has 0 spiro atoms. The van der Waals surface area contributed by atoms with E-state index in [1.807, 2.05) is 6.07 Å². The van der Waals surface area contributed by atoms with Crippen molar-refractivity contribution >= 4 is 15.9 Å². The van der Waals surface area contributed by atoms with E-state index in [1.165, 1.54) is 11.1 Å². The highest BCUT2D eigenvalue weighted by Gasteiger charge is 2.27. The highest BCUT2D eigenvalue weighted by molar-refractivity contribution is 9.10. The topological polar surface area (TPSA) is 21.3 Å². The molecule has 1 aliphatic rings. The van der Waals surface area contributed by atoms with E-state index in [-0.39, 0.29) is 6.61 Å². The molecule has 0 bridgehead atoms. The van der Waals surface area contributed by atoms with Crippen molar-refractivity contribution in [1.82, 2.24) is 5.32 Å². The third-order valence-corrected chi connectivity index (χ3v) is 3.84. The Morgan fingerprint density at radius 2 is 2.10 bits per heavy atom. The number of fused-ring (bicyclic) bond motifs is 1. The number of benzene rings is 1. The first-order chi connectivity index (χ1) is 9.44. The summed E-state index contributed by atoms with van der Waals surface area (Å²) in [5, 5.41) is 3.26. The van der Waals surface area contributed by atoms with Crippen LogP contribution in [-0.2, 0) is 17.6 Å². The molecule has 2 rings (SSSR count). The fourth-order valence-corrected chi connectivity index (χ4v) is 2.83. The van der Waals surface area contributed by atoms with E-state index in [0.717, 1.165) is 23.7 Å². The Hall–Kier alpha value is -0.590. The van der Waals surface area contributed by atoms with Crippen molar-refractivity contribution in [2.24, 2.45) is 0 Å². The van der Waals surface area contributed by atoms with Crippen LogP contribution in [0.2, 0.25) is 0 Å². The van der Waals surface area contributed by atoms with Gasteiger partial charge in [-0.2, -0.15) is 13.2 Å². The van der Waals surface area contributed by atoms with Gasteiger partial charge in [-0.1, -0.05) is 22.0 Å². The minimum absolute atomic E-state index is 0.0865. The van der Waals surface area contributed by atoms with E-state index in [9.17, 15) is 13.2 Å². The lowest BCUT2D eigenvalue weighted by Gasteiger charge is -2.25. The van der Waals surface area contributed by atoms with Crippen molar-refractivity contribution in [1.29, 1.82) is 0 Å². The molecule has 0 amide bonds. The average molecular weight is 352 g/mol. The van der Waals surface area contributed by atoms with Crippen molar-refractivity contribution in [3.05, 3.63) is 33.8 Å². The van der Waals surface area contributed by atoms with Crippen LogP contribution in [0, 0.1) is 0 Å². The van der Waals surface area contributed by atoms with Crippen LogP contribution < -0.4 is 5.32 Å². The number of nitrogens with one attached hydrogen (secondary N) is 1. The van der Waals surface area contributed by atoms with Crippen LogP contribution in [0.4, 0.5) is 13.2 Å². The summed E-state index contributed by atoms with van der Waals surface area (Å²) in [5.41, 5.74) is 2.67. The van der Waals surface area contributed by atoms with Crippen LogP contribution >= 0.6 is 15.9 Å². The Labute approximate surface area is 124 Å². The maximum atomic E-state index is 11.9. The van der Waals surface area contributed by atoms with Gasteiger partial charge in [0.15, 0.2) is 0 Å². The zero-order valence-electron chi connectivity index (χ0n) is 11.0. The number of hydrogen-bond acceptors (Lipinski definition) is 2. The quantitative estimate of drug-likeness (QED) is 0.820. The molecule has 1 unspecified atom stereocenters. The summed E-state index contributed by atoms with van der Waals surface area (Å²) in [6, 6.07) is 6.58. The number of rotatable bonds is 5. The van der Waals surface area contributed by atoms with E-state index >= 15 is 0 Å². The van der Waals surface area contributed by atoms with Crippen LogP contribution in [0.3, 0.4) is 0 Å². The zero-order valence-corrected chi connectivity index (χ0v) is 12.6. The van der Waals surface area contributed by atoms with Crippen LogP contribution in [0.1, 0.15) is 17.5 Å². The summed E-state index contributed by atoms with van der Waals surface area (Å²) in [4.78, 5) is 0. The van der Waals surface area contributed by atoms with Crippen LogP contribution in [0.5, 0.6) is 0 Å². The summed E-state index contributed by atoms with van der Waals surface area (Å²) in [6.07, 6.45) is -1.32. The Morgan fingerprint density at radius 3 is 2.85 bits per heavy atom. The molecule has 6 heteroatoms. The Kier molecular flexibility index (Phi) is 5.46. The Bertz CT molecular complexity index is 451. The average Bonchev–Trinajstić information content (AvgIpc) is 2.37. The van der Waals surface area contributed by atoms with E-state index in [0.29, 0.717) is 12.6 Å². The van der Waals surface area contributed by atoms with Gasteiger partial charge in [-0.05, 0) is 42.5 Å². The Morgan fingerprint density at radius 1 is 1.30 bits per heavy atom. The van der Waals surface area contributed by atoms with Gasteiger partial charge in [-0.15, -0.1) is 0 Å². The fourth-order valence-electron chi connectivity index (χ4n) is 2.42. The summed E-state index contributed by atoms with van der Waals surface area (Å²) >= 11 is 3.46. The van der Waals surface area contributed by atoms with E-state index in [1.54, 1.807) is 0 Å². The third-order valence-electron chi connectivity index (χ3n) is 3.34. The highest BCUT2D eigenvalue weighted by atomic mass is 79.9. The van der Waals surface area contributed by atoms with Crippen molar-refractivity contribution in [2.75, 3.05) is 19.8 Å². The molecular weight excluding hydrogens is 335 g/mol. The molecule has 1 aromatic rings. The maximum absolute atomic E-state index is 11.9. The molecule has 0 saturated carbocycles. The Balaban J connectivity index is 1.70. The second-order valence-electron chi connectivity index (χ2n) is 4.97. The van der Waals surface area contributed by atoms with Gasteiger partial charge >= 0.3 is 6.18 Å². The molecule has 0 heterocycles. The smallest absolute Gasteiger partial charge is 0.371 e. The number of hydrogen-bond donors (Lipinski definition) is 1. The second kappa shape index (κ2) is 6.91. The third kappa shape index (κ3) is 5.07. The normalized spacial score (nSPS) is 18.9. The first kappa shape index (κ1) is 15.8. The zero-order chi connectivity index (χ0) is 14.6. The lowest BCUT2D eigenvalue weighted by atomic mass is 9.88. The molecule has 1 N–H and O–H groups in total. The number of halogens is 4. The molecule has 20 heavy (non-hydrogen) atoms. The first-order valence-corrected chi connectivity index (χ1v) is 7.38. The molecule has 0 fully saturated rings. The van der Waals surface area contributed by atoms with Crippen molar-refractivity contribution < 1.29 is 17.9 Å².